The maximum Gasteiger partial charge on any atom is 0.416 e. The van der Waals surface area contributed by atoms with E-state index in [2.05, 4.69) is 15.9 Å². The fourth-order valence-corrected chi connectivity index (χ4v) is 1.79. The van der Waals surface area contributed by atoms with E-state index in [9.17, 15) is 23.4 Å². The third-order valence-corrected chi connectivity index (χ3v) is 2.93. The number of benzene rings is 1. The first kappa shape index (κ1) is 14.3. The van der Waals surface area contributed by atoms with Crippen molar-refractivity contribution < 1.29 is 23.4 Å². The molecule has 0 aromatic heterocycles. The van der Waals surface area contributed by atoms with E-state index in [0.717, 1.165) is 12.1 Å². The van der Waals surface area contributed by atoms with Crippen LogP contribution in [0.3, 0.4) is 0 Å². The van der Waals surface area contributed by atoms with Crippen LogP contribution in [0.1, 0.15) is 17.2 Å². The molecule has 0 saturated heterocycles. The maximum atomic E-state index is 12.7. The van der Waals surface area contributed by atoms with E-state index in [1.54, 1.807) is 0 Å². The van der Waals surface area contributed by atoms with Crippen molar-refractivity contribution in [1.29, 1.82) is 0 Å². The average Bonchev–Trinajstić information content (AvgIpc) is 2.25. The summed E-state index contributed by atoms with van der Waals surface area (Å²) in [5.74, 6) is 0. The number of hydrogen-bond acceptors (Lipinski definition) is 3. The van der Waals surface area contributed by atoms with E-state index >= 15 is 0 Å². The Morgan fingerprint density at radius 3 is 2.35 bits per heavy atom. The zero-order valence-electron chi connectivity index (χ0n) is 8.58. The van der Waals surface area contributed by atoms with Crippen LogP contribution in [0.2, 0.25) is 0 Å². The van der Waals surface area contributed by atoms with Gasteiger partial charge in [-0.1, -0.05) is 22.0 Å². The van der Waals surface area contributed by atoms with Crippen LogP contribution in [-0.4, -0.2) is 21.6 Å². The first-order chi connectivity index (χ1) is 7.79. The fourth-order valence-electron chi connectivity index (χ4n) is 1.44. The smallest absolute Gasteiger partial charge is 0.398 e. The second kappa shape index (κ2) is 5.24. The SMILES string of the molecule is Nc1cccc(C(F)(F)F)c1C(O)C(O)CBr. The molecule has 1 aromatic rings. The number of nitrogens with two attached hydrogens (primary N) is 1. The van der Waals surface area contributed by atoms with E-state index in [1.807, 2.05) is 0 Å². The molecule has 0 amide bonds. The Labute approximate surface area is 104 Å². The van der Waals surface area contributed by atoms with Crippen molar-refractivity contribution in [2.75, 3.05) is 11.1 Å². The zero-order valence-corrected chi connectivity index (χ0v) is 10.2. The number of nitrogen functional groups attached to an aromatic ring is 1. The Hall–Kier alpha value is -0.790. The second-order valence-corrected chi connectivity index (χ2v) is 4.12. The van der Waals surface area contributed by atoms with Crippen molar-refractivity contribution in [2.24, 2.45) is 0 Å². The van der Waals surface area contributed by atoms with Crippen LogP contribution in [0.25, 0.3) is 0 Å². The van der Waals surface area contributed by atoms with Crippen LogP contribution in [0, 0.1) is 0 Å². The minimum Gasteiger partial charge on any atom is -0.398 e. The summed E-state index contributed by atoms with van der Waals surface area (Å²) in [6.07, 6.45) is -7.68. The summed E-state index contributed by atoms with van der Waals surface area (Å²) in [6.45, 7) is 0. The lowest BCUT2D eigenvalue weighted by molar-refractivity contribution is -0.139. The van der Waals surface area contributed by atoms with E-state index in [0.29, 0.717) is 0 Å². The van der Waals surface area contributed by atoms with Gasteiger partial charge in [0.2, 0.25) is 0 Å². The molecular formula is C10H11BrF3NO2. The monoisotopic (exact) mass is 313 g/mol. The van der Waals surface area contributed by atoms with Gasteiger partial charge in [0, 0.05) is 16.6 Å². The van der Waals surface area contributed by atoms with E-state index in [4.69, 9.17) is 5.73 Å². The highest BCUT2D eigenvalue weighted by atomic mass is 79.9. The van der Waals surface area contributed by atoms with Gasteiger partial charge in [-0.3, -0.25) is 0 Å². The van der Waals surface area contributed by atoms with Crippen LogP contribution >= 0.6 is 15.9 Å². The van der Waals surface area contributed by atoms with Gasteiger partial charge >= 0.3 is 6.18 Å². The number of aliphatic hydroxyl groups is 2. The highest BCUT2D eigenvalue weighted by Gasteiger charge is 2.37. The van der Waals surface area contributed by atoms with Gasteiger partial charge in [0.15, 0.2) is 0 Å². The molecular weight excluding hydrogens is 303 g/mol. The third kappa shape index (κ3) is 3.11. The van der Waals surface area contributed by atoms with Crippen molar-refractivity contribution in [3.05, 3.63) is 29.3 Å². The van der Waals surface area contributed by atoms with Crippen molar-refractivity contribution in [1.82, 2.24) is 0 Å². The van der Waals surface area contributed by atoms with Crippen LogP contribution in [0.5, 0.6) is 0 Å². The third-order valence-electron chi connectivity index (χ3n) is 2.26. The van der Waals surface area contributed by atoms with Crippen LogP contribution in [0.15, 0.2) is 18.2 Å². The van der Waals surface area contributed by atoms with Crippen molar-refractivity contribution >= 4 is 21.6 Å². The van der Waals surface area contributed by atoms with Crippen LogP contribution in [-0.2, 0) is 6.18 Å². The Morgan fingerprint density at radius 1 is 1.29 bits per heavy atom. The summed E-state index contributed by atoms with van der Waals surface area (Å²) < 4.78 is 38.1. The van der Waals surface area contributed by atoms with Gasteiger partial charge in [-0.05, 0) is 12.1 Å². The molecule has 0 saturated carbocycles. The Bertz CT molecular complexity index is 398. The molecule has 0 spiro atoms. The minimum atomic E-state index is -4.63. The Kier molecular flexibility index (Phi) is 4.40. The second-order valence-electron chi connectivity index (χ2n) is 3.47. The molecule has 0 aliphatic heterocycles. The largest absolute Gasteiger partial charge is 0.416 e. The molecule has 3 nitrogen and oxygen atoms in total. The fraction of sp³-hybridized carbons (Fsp3) is 0.400. The van der Waals surface area contributed by atoms with Gasteiger partial charge in [-0.25, -0.2) is 0 Å². The van der Waals surface area contributed by atoms with Crippen molar-refractivity contribution in [3.63, 3.8) is 0 Å². The summed E-state index contributed by atoms with van der Waals surface area (Å²) in [4.78, 5) is 0. The van der Waals surface area contributed by atoms with Crippen molar-refractivity contribution in [2.45, 2.75) is 18.4 Å². The number of anilines is 1. The normalized spacial score (nSPS) is 15.6. The number of aliphatic hydroxyl groups excluding tert-OH is 2. The standard InChI is InChI=1S/C10H11BrF3NO2/c11-4-7(16)9(17)8-5(10(12,13)14)2-1-3-6(8)15/h1-3,7,9,16-17H,4,15H2. The van der Waals surface area contributed by atoms with Crippen molar-refractivity contribution in [3.8, 4) is 0 Å². The molecule has 4 N–H and O–H groups in total. The van der Waals surface area contributed by atoms with Gasteiger partial charge < -0.3 is 15.9 Å². The summed E-state index contributed by atoms with van der Waals surface area (Å²) in [6, 6.07) is 3.21. The van der Waals surface area contributed by atoms with E-state index < -0.39 is 29.5 Å². The highest BCUT2D eigenvalue weighted by Crippen LogP contribution is 2.38. The highest BCUT2D eigenvalue weighted by molar-refractivity contribution is 9.09. The molecule has 0 bridgehead atoms. The van der Waals surface area contributed by atoms with Gasteiger partial charge in [0.05, 0.1) is 11.7 Å². The first-order valence-corrected chi connectivity index (χ1v) is 5.79. The molecule has 1 rings (SSSR count). The summed E-state index contributed by atoms with van der Waals surface area (Å²) in [5, 5.41) is 19.0. The topological polar surface area (TPSA) is 66.5 Å². The van der Waals surface area contributed by atoms with Crippen LogP contribution < -0.4 is 5.73 Å². The average molecular weight is 314 g/mol. The predicted molar refractivity (Wildman–Crippen MR) is 60.6 cm³/mol. The minimum absolute atomic E-state index is 0.0558. The molecule has 0 radical (unpaired) electrons. The summed E-state index contributed by atoms with van der Waals surface area (Å²) >= 11 is 2.88. The van der Waals surface area contributed by atoms with Gasteiger partial charge in [-0.2, -0.15) is 13.2 Å². The molecule has 2 atom stereocenters. The lowest BCUT2D eigenvalue weighted by Crippen LogP contribution is -2.24. The van der Waals surface area contributed by atoms with E-state index in [-0.39, 0.29) is 11.0 Å². The molecule has 1 aromatic carbocycles. The Morgan fingerprint density at radius 2 is 1.88 bits per heavy atom. The molecule has 0 heterocycles. The predicted octanol–water partition coefficient (Wildman–Crippen LogP) is 2.08. The molecule has 0 aliphatic rings. The lowest BCUT2D eigenvalue weighted by atomic mass is 9.97. The molecule has 17 heavy (non-hydrogen) atoms. The molecule has 7 heteroatoms. The maximum absolute atomic E-state index is 12.7. The van der Waals surface area contributed by atoms with Gasteiger partial charge in [-0.15, -0.1) is 0 Å². The molecule has 2 unspecified atom stereocenters. The van der Waals surface area contributed by atoms with E-state index in [1.165, 1.54) is 6.07 Å². The number of rotatable bonds is 3. The lowest BCUT2D eigenvalue weighted by Gasteiger charge is -2.22. The Balaban J connectivity index is 3.30. The first-order valence-electron chi connectivity index (χ1n) is 4.66. The summed E-state index contributed by atoms with van der Waals surface area (Å²) in [5.41, 5.74) is 3.69. The van der Waals surface area contributed by atoms with Gasteiger partial charge in [0.1, 0.15) is 6.10 Å². The molecule has 0 aliphatic carbocycles. The molecule has 0 fully saturated rings. The number of alkyl halides is 4. The molecule has 96 valence electrons. The number of halogens is 4. The van der Waals surface area contributed by atoms with Gasteiger partial charge in [0.25, 0.3) is 0 Å². The number of hydrogen-bond donors (Lipinski definition) is 3. The summed E-state index contributed by atoms with van der Waals surface area (Å²) in [7, 11) is 0. The quantitative estimate of drug-likeness (QED) is 0.591. The van der Waals surface area contributed by atoms with Crippen LogP contribution in [0.4, 0.5) is 18.9 Å². The zero-order chi connectivity index (χ0) is 13.2.